The molecular weight excluding hydrogens is 252 g/mol. The second-order valence-electron chi connectivity index (χ2n) is 5.88. The van der Waals surface area contributed by atoms with E-state index in [9.17, 15) is 0 Å². The molecule has 0 spiro atoms. The molecule has 108 valence electrons. The molecule has 0 radical (unpaired) electrons. The molecule has 0 aliphatic heterocycles. The van der Waals surface area contributed by atoms with E-state index in [4.69, 9.17) is 0 Å². The standard InChI is InChI=1S/C16H28N2S/c1-13-14(10-16(19-13)11-17-2)12-18(3)15-8-6-4-5-7-9-15/h10,15,17H,4-9,11-12H2,1-3H3. The molecule has 0 saturated heterocycles. The zero-order valence-electron chi connectivity index (χ0n) is 12.7. The van der Waals surface area contributed by atoms with Gasteiger partial charge in [-0.2, -0.15) is 0 Å². The van der Waals surface area contributed by atoms with E-state index in [2.05, 4.69) is 30.3 Å². The number of hydrogen-bond donors (Lipinski definition) is 1. The van der Waals surface area contributed by atoms with Crippen LogP contribution in [0.4, 0.5) is 0 Å². The number of rotatable bonds is 5. The van der Waals surface area contributed by atoms with Gasteiger partial charge in [0, 0.05) is 28.9 Å². The largest absolute Gasteiger partial charge is 0.315 e. The summed E-state index contributed by atoms with van der Waals surface area (Å²) in [6.45, 7) is 4.38. The lowest BCUT2D eigenvalue weighted by atomic mass is 10.1. The maximum atomic E-state index is 3.25. The van der Waals surface area contributed by atoms with Crippen LogP contribution in [0.15, 0.2) is 6.07 Å². The Kier molecular flexibility index (Phi) is 5.86. The molecule has 0 unspecified atom stereocenters. The van der Waals surface area contributed by atoms with E-state index < -0.39 is 0 Å². The molecular formula is C16H28N2S. The minimum Gasteiger partial charge on any atom is -0.315 e. The predicted molar refractivity (Wildman–Crippen MR) is 84.8 cm³/mol. The summed E-state index contributed by atoms with van der Waals surface area (Å²) in [7, 11) is 4.33. The van der Waals surface area contributed by atoms with Crippen molar-refractivity contribution >= 4 is 11.3 Å². The van der Waals surface area contributed by atoms with Crippen LogP contribution in [0.2, 0.25) is 0 Å². The van der Waals surface area contributed by atoms with Crippen LogP contribution in [0.25, 0.3) is 0 Å². The Balaban J connectivity index is 1.95. The zero-order valence-corrected chi connectivity index (χ0v) is 13.5. The Bertz CT molecular complexity index is 378. The van der Waals surface area contributed by atoms with Crippen LogP contribution in [0, 0.1) is 6.92 Å². The van der Waals surface area contributed by atoms with Gasteiger partial charge in [-0.15, -0.1) is 11.3 Å². The van der Waals surface area contributed by atoms with Crippen molar-refractivity contribution in [3.05, 3.63) is 21.4 Å². The van der Waals surface area contributed by atoms with Gasteiger partial charge in [-0.25, -0.2) is 0 Å². The molecule has 3 heteroatoms. The van der Waals surface area contributed by atoms with Crippen molar-refractivity contribution in [3.63, 3.8) is 0 Å². The summed E-state index contributed by atoms with van der Waals surface area (Å²) >= 11 is 1.94. The van der Waals surface area contributed by atoms with Crippen LogP contribution >= 0.6 is 11.3 Å². The molecule has 19 heavy (non-hydrogen) atoms. The van der Waals surface area contributed by atoms with Crippen LogP contribution in [-0.2, 0) is 13.1 Å². The summed E-state index contributed by atoms with van der Waals surface area (Å²) in [6, 6.07) is 3.19. The molecule has 1 aliphatic carbocycles. The maximum absolute atomic E-state index is 3.25. The van der Waals surface area contributed by atoms with Crippen LogP contribution in [-0.4, -0.2) is 25.0 Å². The Labute approximate surface area is 122 Å². The van der Waals surface area contributed by atoms with Gasteiger partial charge in [0.2, 0.25) is 0 Å². The number of aryl methyl sites for hydroxylation is 1. The molecule has 0 amide bonds. The molecule has 2 nitrogen and oxygen atoms in total. The molecule has 0 bridgehead atoms. The van der Waals surface area contributed by atoms with Crippen molar-refractivity contribution < 1.29 is 0 Å². The van der Waals surface area contributed by atoms with Gasteiger partial charge in [0.15, 0.2) is 0 Å². The monoisotopic (exact) mass is 280 g/mol. The first-order valence-electron chi connectivity index (χ1n) is 7.63. The molecule has 1 aromatic heterocycles. The minimum absolute atomic E-state index is 0.801. The Morgan fingerprint density at radius 3 is 2.58 bits per heavy atom. The van der Waals surface area contributed by atoms with Crippen LogP contribution in [0.5, 0.6) is 0 Å². The molecule has 0 aromatic carbocycles. The average molecular weight is 280 g/mol. The van der Waals surface area contributed by atoms with Gasteiger partial charge >= 0.3 is 0 Å². The highest BCUT2D eigenvalue weighted by atomic mass is 32.1. The molecule has 0 atom stereocenters. The second-order valence-corrected chi connectivity index (χ2v) is 7.23. The fraction of sp³-hybridized carbons (Fsp3) is 0.750. The summed E-state index contributed by atoms with van der Waals surface area (Å²) in [5, 5.41) is 3.25. The summed E-state index contributed by atoms with van der Waals surface area (Å²) in [5.41, 5.74) is 1.53. The van der Waals surface area contributed by atoms with Gasteiger partial charge in [-0.3, -0.25) is 4.90 Å². The van der Waals surface area contributed by atoms with Gasteiger partial charge in [0.25, 0.3) is 0 Å². The number of nitrogens with one attached hydrogen (secondary N) is 1. The number of thiophene rings is 1. The topological polar surface area (TPSA) is 15.3 Å². The van der Waals surface area contributed by atoms with Crippen molar-refractivity contribution in [1.29, 1.82) is 0 Å². The highest BCUT2D eigenvalue weighted by Gasteiger charge is 2.18. The zero-order chi connectivity index (χ0) is 13.7. The van der Waals surface area contributed by atoms with Crippen LogP contribution < -0.4 is 5.32 Å². The lowest BCUT2D eigenvalue weighted by molar-refractivity contribution is 0.213. The summed E-state index contributed by atoms with van der Waals surface area (Å²) in [5.74, 6) is 0. The second kappa shape index (κ2) is 7.41. The van der Waals surface area contributed by atoms with E-state index >= 15 is 0 Å². The fourth-order valence-electron chi connectivity index (χ4n) is 3.10. The first kappa shape index (κ1) is 15.0. The molecule has 1 N–H and O–H groups in total. The van der Waals surface area contributed by atoms with E-state index in [0.717, 1.165) is 19.1 Å². The lowest BCUT2D eigenvalue weighted by Gasteiger charge is -2.27. The van der Waals surface area contributed by atoms with Crippen molar-refractivity contribution in [3.8, 4) is 0 Å². The smallest absolute Gasteiger partial charge is 0.0296 e. The molecule has 1 heterocycles. The predicted octanol–water partition coefficient (Wildman–Crippen LogP) is 3.93. The highest BCUT2D eigenvalue weighted by Crippen LogP contribution is 2.26. The van der Waals surface area contributed by atoms with Crippen LogP contribution in [0.1, 0.15) is 53.8 Å². The molecule has 2 rings (SSSR count). The summed E-state index contributed by atoms with van der Waals surface area (Å²) in [4.78, 5) is 5.54. The third kappa shape index (κ3) is 4.30. The normalized spacial score (nSPS) is 17.9. The van der Waals surface area contributed by atoms with Gasteiger partial charge < -0.3 is 5.32 Å². The van der Waals surface area contributed by atoms with Gasteiger partial charge in [0.1, 0.15) is 0 Å². The Morgan fingerprint density at radius 2 is 1.95 bits per heavy atom. The third-order valence-electron chi connectivity index (χ3n) is 4.29. The van der Waals surface area contributed by atoms with Gasteiger partial charge in [0.05, 0.1) is 0 Å². The summed E-state index contributed by atoms with van der Waals surface area (Å²) < 4.78 is 0. The Morgan fingerprint density at radius 1 is 1.26 bits per heavy atom. The van der Waals surface area contributed by atoms with Crippen molar-refractivity contribution in [2.75, 3.05) is 14.1 Å². The van der Waals surface area contributed by atoms with E-state index in [1.165, 1.54) is 53.8 Å². The van der Waals surface area contributed by atoms with Crippen molar-refractivity contribution in [2.45, 2.75) is 64.6 Å². The third-order valence-corrected chi connectivity index (χ3v) is 5.38. The molecule has 1 saturated carbocycles. The lowest BCUT2D eigenvalue weighted by Crippen LogP contribution is -2.30. The van der Waals surface area contributed by atoms with Crippen LogP contribution in [0.3, 0.4) is 0 Å². The maximum Gasteiger partial charge on any atom is 0.0296 e. The number of nitrogens with zero attached hydrogens (tertiary/aromatic N) is 1. The van der Waals surface area contributed by atoms with Gasteiger partial charge in [-0.05, 0) is 45.5 Å². The van der Waals surface area contributed by atoms with Crippen molar-refractivity contribution in [1.82, 2.24) is 10.2 Å². The minimum atomic E-state index is 0.801. The Hall–Kier alpha value is -0.380. The molecule has 1 aromatic rings. The first-order valence-corrected chi connectivity index (χ1v) is 8.45. The summed E-state index contributed by atoms with van der Waals surface area (Å²) in [6.07, 6.45) is 8.50. The fourth-order valence-corrected chi connectivity index (χ4v) is 4.17. The molecule has 1 aliphatic rings. The van der Waals surface area contributed by atoms with E-state index in [1.807, 2.05) is 18.4 Å². The number of hydrogen-bond acceptors (Lipinski definition) is 3. The van der Waals surface area contributed by atoms with E-state index in [0.29, 0.717) is 0 Å². The average Bonchev–Trinajstić information content (AvgIpc) is 2.60. The van der Waals surface area contributed by atoms with E-state index in [1.54, 1.807) is 0 Å². The first-order chi connectivity index (χ1) is 9.20. The SMILES string of the molecule is CNCc1cc(CN(C)C2CCCCCC2)c(C)s1. The molecule has 1 fully saturated rings. The van der Waals surface area contributed by atoms with Gasteiger partial charge in [-0.1, -0.05) is 25.7 Å². The van der Waals surface area contributed by atoms with Crippen molar-refractivity contribution in [2.24, 2.45) is 0 Å². The quantitative estimate of drug-likeness (QED) is 0.822. The van der Waals surface area contributed by atoms with E-state index in [-0.39, 0.29) is 0 Å². The highest BCUT2D eigenvalue weighted by molar-refractivity contribution is 7.12.